The summed E-state index contributed by atoms with van der Waals surface area (Å²) in [5.41, 5.74) is 6.76. The molecular weight excluding hydrogens is 216 g/mol. The molecule has 0 aliphatic heterocycles. The maximum atomic E-state index is 10.9. The maximum Gasteiger partial charge on any atom is 0.259 e. The molecule has 0 unspecified atom stereocenters. The third-order valence-electron chi connectivity index (χ3n) is 2.15. The monoisotopic (exact) mass is 224 g/mol. The number of primary amides is 1. The Labute approximate surface area is 97.2 Å². The van der Waals surface area contributed by atoms with Gasteiger partial charge in [-0.3, -0.25) is 9.78 Å². The van der Waals surface area contributed by atoms with Crippen molar-refractivity contribution < 1.29 is 4.79 Å². The van der Waals surface area contributed by atoms with Crippen LogP contribution in [0.3, 0.4) is 0 Å². The molecule has 17 heavy (non-hydrogen) atoms. The topological polar surface area (TPSA) is 92.7 Å². The van der Waals surface area contributed by atoms with Crippen molar-refractivity contribution in [1.29, 1.82) is 5.26 Å². The normalized spacial score (nSPS) is 11.1. The first-order valence-electron chi connectivity index (χ1n) is 4.84. The van der Waals surface area contributed by atoms with Crippen molar-refractivity contribution in [2.45, 2.75) is 0 Å². The molecule has 0 spiro atoms. The summed E-state index contributed by atoms with van der Waals surface area (Å²) >= 11 is 0. The number of fused-ring (bicyclic) bond motifs is 1. The zero-order valence-corrected chi connectivity index (χ0v) is 8.79. The van der Waals surface area contributed by atoms with Crippen LogP contribution in [0.15, 0.2) is 36.0 Å². The Hall–Kier alpha value is -2.74. The SMILES string of the molecule is N#C/C(=C\c1cnc2ccccc2n1)C(N)=O. The highest BCUT2D eigenvalue weighted by Gasteiger charge is 2.04. The highest BCUT2D eigenvalue weighted by Crippen LogP contribution is 2.10. The van der Waals surface area contributed by atoms with Crippen molar-refractivity contribution in [1.82, 2.24) is 9.97 Å². The molecular formula is C12H8N4O. The second-order valence-corrected chi connectivity index (χ2v) is 3.32. The number of amides is 1. The van der Waals surface area contributed by atoms with Crippen LogP contribution in [0.2, 0.25) is 0 Å². The van der Waals surface area contributed by atoms with E-state index in [-0.39, 0.29) is 5.57 Å². The second-order valence-electron chi connectivity index (χ2n) is 3.32. The standard InChI is InChI=1S/C12H8N4O/c13-6-8(12(14)17)5-9-7-15-10-3-1-2-4-11(10)16-9/h1-5,7H,(H2,14,17)/b8-5+. The summed E-state index contributed by atoms with van der Waals surface area (Å²) in [6.07, 6.45) is 2.81. The van der Waals surface area contributed by atoms with Crippen molar-refractivity contribution >= 4 is 23.0 Å². The largest absolute Gasteiger partial charge is 0.365 e. The summed E-state index contributed by atoms with van der Waals surface area (Å²) < 4.78 is 0. The molecule has 0 radical (unpaired) electrons. The lowest BCUT2D eigenvalue weighted by atomic mass is 10.2. The molecule has 82 valence electrons. The lowest BCUT2D eigenvalue weighted by Gasteiger charge is -1.97. The zero-order valence-electron chi connectivity index (χ0n) is 8.79. The molecule has 5 heteroatoms. The second kappa shape index (κ2) is 4.41. The number of benzene rings is 1. The van der Waals surface area contributed by atoms with E-state index in [0.717, 1.165) is 5.52 Å². The number of nitrogens with two attached hydrogens (primary N) is 1. The van der Waals surface area contributed by atoms with Gasteiger partial charge in [0.25, 0.3) is 5.91 Å². The lowest BCUT2D eigenvalue weighted by molar-refractivity contribution is -0.114. The van der Waals surface area contributed by atoms with Gasteiger partial charge in [0.2, 0.25) is 0 Å². The predicted octanol–water partition coefficient (Wildman–Crippen LogP) is 1.02. The van der Waals surface area contributed by atoms with Gasteiger partial charge in [-0.15, -0.1) is 0 Å². The van der Waals surface area contributed by atoms with Gasteiger partial charge >= 0.3 is 0 Å². The summed E-state index contributed by atoms with van der Waals surface area (Å²) in [5, 5.41) is 8.70. The molecule has 1 amide bonds. The summed E-state index contributed by atoms with van der Waals surface area (Å²) in [5.74, 6) is -0.776. The molecule has 0 aliphatic carbocycles. The van der Waals surface area contributed by atoms with Gasteiger partial charge in [-0.1, -0.05) is 12.1 Å². The molecule has 0 aliphatic rings. The van der Waals surface area contributed by atoms with E-state index in [2.05, 4.69) is 9.97 Å². The van der Waals surface area contributed by atoms with Crippen molar-refractivity contribution in [2.24, 2.45) is 5.73 Å². The fourth-order valence-electron chi connectivity index (χ4n) is 1.35. The van der Waals surface area contributed by atoms with Gasteiger partial charge < -0.3 is 5.73 Å². The quantitative estimate of drug-likeness (QED) is 0.608. The average molecular weight is 224 g/mol. The van der Waals surface area contributed by atoms with Crippen LogP contribution in [-0.4, -0.2) is 15.9 Å². The average Bonchev–Trinajstić information content (AvgIpc) is 2.35. The smallest absolute Gasteiger partial charge is 0.259 e. The van der Waals surface area contributed by atoms with Crippen molar-refractivity contribution in [3.8, 4) is 6.07 Å². The van der Waals surface area contributed by atoms with Crippen molar-refractivity contribution in [2.75, 3.05) is 0 Å². The first-order chi connectivity index (χ1) is 8.20. The third-order valence-corrected chi connectivity index (χ3v) is 2.15. The van der Waals surface area contributed by atoms with E-state index in [1.165, 1.54) is 12.3 Å². The van der Waals surface area contributed by atoms with Crippen LogP contribution in [0.4, 0.5) is 0 Å². The Balaban J connectivity index is 2.51. The first-order valence-corrected chi connectivity index (χ1v) is 4.84. The van der Waals surface area contributed by atoms with Gasteiger partial charge in [0.1, 0.15) is 11.6 Å². The van der Waals surface area contributed by atoms with Crippen LogP contribution < -0.4 is 5.73 Å². The molecule has 0 bridgehead atoms. The Kier molecular flexibility index (Phi) is 2.79. The molecule has 1 aromatic carbocycles. The number of para-hydroxylation sites is 2. The van der Waals surface area contributed by atoms with Crippen LogP contribution >= 0.6 is 0 Å². The van der Waals surface area contributed by atoms with Crippen LogP contribution in [-0.2, 0) is 4.79 Å². The fraction of sp³-hybridized carbons (Fsp3) is 0. The van der Waals surface area contributed by atoms with E-state index in [4.69, 9.17) is 11.0 Å². The van der Waals surface area contributed by atoms with E-state index in [1.54, 1.807) is 12.1 Å². The van der Waals surface area contributed by atoms with Crippen LogP contribution in [0.25, 0.3) is 17.1 Å². The van der Waals surface area contributed by atoms with E-state index in [1.807, 2.05) is 18.2 Å². The Bertz CT molecular complexity index is 655. The number of rotatable bonds is 2. The predicted molar refractivity (Wildman–Crippen MR) is 62.3 cm³/mol. The van der Waals surface area contributed by atoms with Gasteiger partial charge in [0, 0.05) is 0 Å². The number of nitrogens with zero attached hydrogens (tertiary/aromatic N) is 3. The number of hydrogen-bond acceptors (Lipinski definition) is 4. The minimum atomic E-state index is -0.776. The van der Waals surface area contributed by atoms with Gasteiger partial charge in [0.05, 0.1) is 22.9 Å². The number of nitriles is 1. The molecule has 0 saturated carbocycles. The lowest BCUT2D eigenvalue weighted by Crippen LogP contribution is -2.12. The summed E-state index contributed by atoms with van der Waals surface area (Å²) in [6.45, 7) is 0. The first kappa shape index (κ1) is 10.8. The molecule has 5 nitrogen and oxygen atoms in total. The van der Waals surface area contributed by atoms with E-state index in [9.17, 15) is 4.79 Å². The highest BCUT2D eigenvalue weighted by atomic mass is 16.1. The number of carbonyl (C=O) groups is 1. The zero-order chi connectivity index (χ0) is 12.3. The Morgan fingerprint density at radius 2 is 2.06 bits per heavy atom. The highest BCUT2D eigenvalue weighted by molar-refractivity contribution is 6.00. The molecule has 0 atom stereocenters. The summed E-state index contributed by atoms with van der Waals surface area (Å²) in [6, 6.07) is 9.04. The third kappa shape index (κ3) is 2.26. The van der Waals surface area contributed by atoms with Gasteiger partial charge in [-0.05, 0) is 18.2 Å². The fourth-order valence-corrected chi connectivity index (χ4v) is 1.35. The minimum Gasteiger partial charge on any atom is -0.365 e. The number of carbonyl (C=O) groups excluding carboxylic acids is 1. The van der Waals surface area contributed by atoms with Crippen LogP contribution in [0.1, 0.15) is 5.69 Å². The molecule has 1 aromatic heterocycles. The minimum absolute atomic E-state index is 0.144. The molecule has 0 fully saturated rings. The Morgan fingerprint density at radius 3 is 2.71 bits per heavy atom. The summed E-state index contributed by atoms with van der Waals surface area (Å²) in [4.78, 5) is 19.3. The van der Waals surface area contributed by atoms with Crippen molar-refractivity contribution in [3.63, 3.8) is 0 Å². The van der Waals surface area contributed by atoms with E-state index >= 15 is 0 Å². The van der Waals surface area contributed by atoms with Crippen molar-refractivity contribution in [3.05, 3.63) is 41.7 Å². The van der Waals surface area contributed by atoms with Crippen LogP contribution in [0.5, 0.6) is 0 Å². The molecule has 0 saturated heterocycles. The van der Waals surface area contributed by atoms with E-state index in [0.29, 0.717) is 11.2 Å². The molecule has 1 heterocycles. The maximum absolute atomic E-state index is 10.9. The number of aromatic nitrogens is 2. The molecule has 2 rings (SSSR count). The number of hydrogen-bond donors (Lipinski definition) is 1. The van der Waals surface area contributed by atoms with Gasteiger partial charge in [-0.25, -0.2) is 4.98 Å². The molecule has 2 aromatic rings. The molecule has 2 N–H and O–H groups in total. The van der Waals surface area contributed by atoms with Crippen LogP contribution in [0, 0.1) is 11.3 Å². The van der Waals surface area contributed by atoms with E-state index < -0.39 is 5.91 Å². The van der Waals surface area contributed by atoms with Gasteiger partial charge in [-0.2, -0.15) is 5.26 Å². The Morgan fingerprint density at radius 1 is 1.35 bits per heavy atom. The van der Waals surface area contributed by atoms with Gasteiger partial charge in [0.15, 0.2) is 0 Å². The summed E-state index contributed by atoms with van der Waals surface area (Å²) in [7, 11) is 0.